The molecule has 1 amide bonds. The van der Waals surface area contributed by atoms with Gasteiger partial charge in [0.05, 0.1) is 11.9 Å². The molecule has 5 nitrogen and oxygen atoms in total. The Morgan fingerprint density at radius 1 is 1.09 bits per heavy atom. The third kappa shape index (κ3) is 3.35. The van der Waals surface area contributed by atoms with Crippen molar-refractivity contribution in [2.75, 3.05) is 0 Å². The van der Waals surface area contributed by atoms with Crippen molar-refractivity contribution in [1.29, 1.82) is 0 Å². The number of H-pyrrole nitrogens is 1. The third-order valence-electron chi connectivity index (χ3n) is 3.46. The van der Waals surface area contributed by atoms with Crippen LogP contribution in [0.15, 0.2) is 65.8 Å². The van der Waals surface area contributed by atoms with Gasteiger partial charge in [-0.1, -0.05) is 60.7 Å². The largest absolute Gasteiger partial charge is 0.289 e. The van der Waals surface area contributed by atoms with Gasteiger partial charge >= 0.3 is 0 Å². The molecule has 5 heteroatoms. The summed E-state index contributed by atoms with van der Waals surface area (Å²) in [6.07, 6.45) is 1.60. The maximum absolute atomic E-state index is 12.2. The van der Waals surface area contributed by atoms with Crippen LogP contribution in [0.2, 0.25) is 0 Å². The fourth-order valence-corrected chi connectivity index (χ4v) is 2.26. The highest BCUT2D eigenvalue weighted by Gasteiger charge is 2.16. The molecule has 0 aliphatic carbocycles. The second-order valence-electron chi connectivity index (χ2n) is 5.05. The number of hydrogen-bond acceptors (Lipinski definition) is 3. The van der Waals surface area contributed by atoms with E-state index >= 15 is 0 Å². The molecule has 0 bridgehead atoms. The number of nitrogens with zero attached hydrogens (tertiary/aromatic N) is 2. The summed E-state index contributed by atoms with van der Waals surface area (Å²) in [5.41, 5.74) is 6.37. The van der Waals surface area contributed by atoms with Gasteiger partial charge in [0, 0.05) is 11.1 Å². The van der Waals surface area contributed by atoms with Crippen molar-refractivity contribution in [2.45, 2.75) is 6.92 Å². The second kappa shape index (κ2) is 6.70. The van der Waals surface area contributed by atoms with Gasteiger partial charge in [-0.15, -0.1) is 0 Å². The number of hydrazone groups is 1. The Morgan fingerprint density at radius 3 is 2.43 bits per heavy atom. The molecule has 0 aliphatic heterocycles. The smallest absolute Gasteiger partial charge is 0.272 e. The summed E-state index contributed by atoms with van der Waals surface area (Å²) in [4.78, 5) is 12.2. The Hall–Kier alpha value is -3.21. The quantitative estimate of drug-likeness (QED) is 0.574. The molecule has 1 heterocycles. The van der Waals surface area contributed by atoms with E-state index in [1.54, 1.807) is 6.21 Å². The lowest BCUT2D eigenvalue weighted by Crippen LogP contribution is -2.19. The molecule has 23 heavy (non-hydrogen) atoms. The molecule has 0 saturated carbocycles. The van der Waals surface area contributed by atoms with Gasteiger partial charge in [0.25, 0.3) is 5.91 Å². The van der Waals surface area contributed by atoms with Crippen LogP contribution >= 0.6 is 0 Å². The maximum atomic E-state index is 12.2. The molecule has 114 valence electrons. The van der Waals surface area contributed by atoms with E-state index < -0.39 is 0 Å². The Kier molecular flexibility index (Phi) is 4.29. The zero-order chi connectivity index (χ0) is 16.1. The van der Waals surface area contributed by atoms with E-state index in [-0.39, 0.29) is 5.91 Å². The van der Waals surface area contributed by atoms with E-state index in [1.165, 1.54) is 0 Å². The van der Waals surface area contributed by atoms with Gasteiger partial charge in [-0.05, 0) is 12.5 Å². The highest BCUT2D eigenvalue weighted by molar-refractivity contribution is 5.95. The number of aromatic nitrogens is 2. The predicted molar refractivity (Wildman–Crippen MR) is 90.3 cm³/mol. The fraction of sp³-hybridized carbons (Fsp3) is 0.0556. The maximum Gasteiger partial charge on any atom is 0.289 e. The van der Waals surface area contributed by atoms with Crippen molar-refractivity contribution in [3.63, 3.8) is 0 Å². The molecule has 1 aromatic heterocycles. The van der Waals surface area contributed by atoms with Gasteiger partial charge in [0.15, 0.2) is 0 Å². The van der Waals surface area contributed by atoms with Crippen molar-refractivity contribution in [3.8, 4) is 11.3 Å². The minimum Gasteiger partial charge on any atom is -0.272 e. The van der Waals surface area contributed by atoms with Gasteiger partial charge in [-0.3, -0.25) is 9.89 Å². The van der Waals surface area contributed by atoms with Crippen molar-refractivity contribution in [1.82, 2.24) is 15.6 Å². The molecule has 3 rings (SSSR count). The molecule has 0 aliphatic rings. The monoisotopic (exact) mass is 304 g/mol. The summed E-state index contributed by atoms with van der Waals surface area (Å²) in [6, 6.07) is 19.3. The van der Waals surface area contributed by atoms with Crippen molar-refractivity contribution >= 4 is 12.1 Å². The van der Waals surface area contributed by atoms with E-state index in [0.717, 1.165) is 22.4 Å². The van der Waals surface area contributed by atoms with Crippen LogP contribution < -0.4 is 5.43 Å². The first kappa shape index (κ1) is 14.7. The van der Waals surface area contributed by atoms with E-state index in [0.29, 0.717) is 5.69 Å². The Bertz CT molecular complexity index is 823. The molecule has 0 saturated heterocycles. The molecule has 0 atom stereocenters. The van der Waals surface area contributed by atoms with E-state index in [1.807, 2.05) is 67.6 Å². The first-order valence-corrected chi connectivity index (χ1v) is 7.24. The molecule has 2 aromatic carbocycles. The Labute approximate surface area is 134 Å². The van der Waals surface area contributed by atoms with Gasteiger partial charge in [-0.25, -0.2) is 5.43 Å². The first-order chi connectivity index (χ1) is 11.3. The normalized spacial score (nSPS) is 10.8. The van der Waals surface area contributed by atoms with Crippen LogP contribution in [0.4, 0.5) is 0 Å². The van der Waals surface area contributed by atoms with E-state index in [4.69, 9.17) is 0 Å². The number of amides is 1. The number of nitrogens with one attached hydrogen (secondary N) is 2. The summed E-state index contributed by atoms with van der Waals surface area (Å²) >= 11 is 0. The van der Waals surface area contributed by atoms with E-state index in [2.05, 4.69) is 20.7 Å². The molecule has 0 fully saturated rings. The summed E-state index contributed by atoms with van der Waals surface area (Å²) in [6.45, 7) is 1.86. The minimum atomic E-state index is -0.315. The van der Waals surface area contributed by atoms with Crippen LogP contribution in [0.3, 0.4) is 0 Å². The highest BCUT2D eigenvalue weighted by atomic mass is 16.2. The van der Waals surface area contributed by atoms with Crippen molar-refractivity contribution in [3.05, 3.63) is 77.5 Å². The number of benzene rings is 2. The third-order valence-corrected chi connectivity index (χ3v) is 3.46. The minimum absolute atomic E-state index is 0.315. The summed E-state index contributed by atoms with van der Waals surface area (Å²) in [7, 11) is 0. The van der Waals surface area contributed by atoms with Crippen LogP contribution in [-0.2, 0) is 0 Å². The lowest BCUT2D eigenvalue weighted by molar-refractivity contribution is 0.0949. The average molecular weight is 304 g/mol. The zero-order valence-electron chi connectivity index (χ0n) is 12.7. The van der Waals surface area contributed by atoms with Gasteiger partial charge in [0.2, 0.25) is 0 Å². The van der Waals surface area contributed by atoms with Gasteiger partial charge < -0.3 is 0 Å². The molecule has 0 spiro atoms. The van der Waals surface area contributed by atoms with Crippen LogP contribution in [0.5, 0.6) is 0 Å². The van der Waals surface area contributed by atoms with Gasteiger partial charge in [0.1, 0.15) is 5.69 Å². The van der Waals surface area contributed by atoms with Crippen LogP contribution in [0.1, 0.15) is 21.6 Å². The molecule has 0 radical (unpaired) electrons. The molecular formula is C18H16N4O. The van der Waals surface area contributed by atoms with Crippen LogP contribution in [-0.4, -0.2) is 22.3 Å². The Morgan fingerprint density at radius 2 is 1.74 bits per heavy atom. The Balaban J connectivity index is 1.74. The predicted octanol–water partition coefficient (Wildman–Crippen LogP) is 3.15. The summed E-state index contributed by atoms with van der Waals surface area (Å²) < 4.78 is 0. The van der Waals surface area contributed by atoms with E-state index in [9.17, 15) is 4.79 Å². The average Bonchev–Trinajstić information content (AvgIpc) is 2.98. The fourth-order valence-electron chi connectivity index (χ4n) is 2.26. The van der Waals surface area contributed by atoms with Crippen molar-refractivity contribution < 1.29 is 4.79 Å². The number of carbonyl (C=O) groups is 1. The first-order valence-electron chi connectivity index (χ1n) is 7.24. The number of rotatable bonds is 4. The zero-order valence-corrected chi connectivity index (χ0v) is 12.7. The lowest BCUT2D eigenvalue weighted by atomic mass is 10.1. The molecular weight excluding hydrogens is 288 g/mol. The molecule has 0 unspecified atom stereocenters. The molecule has 3 aromatic rings. The standard InChI is InChI=1S/C18H16N4O/c1-13-16(15-10-6-3-7-11-15)20-21-17(13)18(23)22-19-12-14-8-4-2-5-9-14/h2-12H,1H3,(H,20,21)(H,22,23). The summed E-state index contributed by atoms with van der Waals surface area (Å²) in [5, 5.41) is 11.0. The summed E-state index contributed by atoms with van der Waals surface area (Å²) in [5.74, 6) is -0.315. The lowest BCUT2D eigenvalue weighted by Gasteiger charge is -2.00. The number of hydrogen-bond donors (Lipinski definition) is 2. The number of carbonyl (C=O) groups excluding carboxylic acids is 1. The van der Waals surface area contributed by atoms with Crippen LogP contribution in [0.25, 0.3) is 11.3 Å². The number of aromatic amines is 1. The van der Waals surface area contributed by atoms with Gasteiger partial charge in [-0.2, -0.15) is 10.2 Å². The van der Waals surface area contributed by atoms with Crippen LogP contribution in [0, 0.1) is 6.92 Å². The second-order valence-corrected chi connectivity index (χ2v) is 5.05. The van der Waals surface area contributed by atoms with Crippen molar-refractivity contribution in [2.24, 2.45) is 5.10 Å². The topological polar surface area (TPSA) is 70.1 Å². The molecule has 2 N–H and O–H groups in total. The highest BCUT2D eigenvalue weighted by Crippen LogP contribution is 2.22. The SMILES string of the molecule is Cc1c(-c2ccccc2)n[nH]c1C(=O)NN=Cc1ccccc1.